The molecular weight excluding hydrogens is 423 g/mol. The summed E-state index contributed by atoms with van der Waals surface area (Å²) in [6, 6.07) is 12.0. The standard InChI is InChI=1S/C15H11BrCl2N2O2S/c16-12-6-3-10(7-13(12)18)19-15(23)20-14(21)8-22-11-4-1-9(17)2-5-11/h1-7H,8H2,(H2,19,20,21,23). The lowest BCUT2D eigenvalue weighted by Crippen LogP contribution is -2.37. The molecular formula is C15H11BrCl2N2O2S. The van der Waals surface area contributed by atoms with Crippen molar-refractivity contribution in [3.05, 3.63) is 57.0 Å². The molecule has 0 aliphatic heterocycles. The second-order valence-electron chi connectivity index (χ2n) is 4.37. The number of hydrogen-bond acceptors (Lipinski definition) is 3. The molecule has 2 N–H and O–H groups in total. The van der Waals surface area contributed by atoms with E-state index in [2.05, 4.69) is 26.6 Å². The van der Waals surface area contributed by atoms with E-state index in [0.29, 0.717) is 21.5 Å². The van der Waals surface area contributed by atoms with Crippen LogP contribution in [0, 0.1) is 0 Å². The highest BCUT2D eigenvalue weighted by molar-refractivity contribution is 9.10. The number of thiocarbonyl (C=S) groups is 1. The summed E-state index contributed by atoms with van der Waals surface area (Å²) in [4.78, 5) is 11.8. The van der Waals surface area contributed by atoms with Gasteiger partial charge in [-0.3, -0.25) is 10.1 Å². The average Bonchev–Trinajstić information content (AvgIpc) is 2.50. The topological polar surface area (TPSA) is 50.4 Å². The highest BCUT2D eigenvalue weighted by Gasteiger charge is 2.07. The Kier molecular flexibility index (Phi) is 6.65. The minimum absolute atomic E-state index is 0.160. The second-order valence-corrected chi connectivity index (χ2v) is 6.48. The number of benzene rings is 2. The van der Waals surface area contributed by atoms with Gasteiger partial charge in [0.2, 0.25) is 0 Å². The van der Waals surface area contributed by atoms with Gasteiger partial charge in [-0.2, -0.15) is 0 Å². The third kappa shape index (κ3) is 5.99. The average molecular weight is 434 g/mol. The molecule has 8 heteroatoms. The molecule has 0 radical (unpaired) electrons. The zero-order valence-electron chi connectivity index (χ0n) is 11.6. The van der Waals surface area contributed by atoms with Gasteiger partial charge in [-0.15, -0.1) is 0 Å². The van der Waals surface area contributed by atoms with Gasteiger partial charge in [-0.1, -0.05) is 23.2 Å². The SMILES string of the molecule is O=C(COc1ccc(Cl)cc1)NC(=S)Nc1ccc(Br)c(Cl)c1. The Balaban J connectivity index is 1.81. The summed E-state index contributed by atoms with van der Waals surface area (Å²) in [5, 5.41) is 6.68. The maximum atomic E-state index is 11.8. The molecule has 2 aromatic rings. The first-order chi connectivity index (χ1) is 10.9. The van der Waals surface area contributed by atoms with Gasteiger partial charge in [0, 0.05) is 15.2 Å². The molecule has 0 saturated heterocycles. The molecule has 0 atom stereocenters. The third-order valence-corrected chi connectivity index (χ3v) is 4.30. The Bertz CT molecular complexity index is 726. The van der Waals surface area contributed by atoms with Crippen LogP contribution in [0.5, 0.6) is 5.75 Å². The summed E-state index contributed by atoms with van der Waals surface area (Å²) in [6.07, 6.45) is 0. The first-order valence-corrected chi connectivity index (χ1v) is 8.34. The van der Waals surface area contributed by atoms with Gasteiger partial charge >= 0.3 is 0 Å². The summed E-state index contributed by atoms with van der Waals surface area (Å²) in [7, 11) is 0. The van der Waals surface area contributed by atoms with Gasteiger partial charge in [0.15, 0.2) is 11.7 Å². The van der Waals surface area contributed by atoms with Crippen molar-refractivity contribution < 1.29 is 9.53 Å². The quantitative estimate of drug-likeness (QED) is 0.689. The molecule has 0 aromatic heterocycles. The van der Waals surface area contributed by atoms with E-state index in [9.17, 15) is 4.79 Å². The lowest BCUT2D eigenvalue weighted by Gasteiger charge is -2.11. The number of amides is 1. The predicted octanol–water partition coefficient (Wildman–Crippen LogP) is 4.65. The maximum absolute atomic E-state index is 11.8. The zero-order valence-corrected chi connectivity index (χ0v) is 15.5. The van der Waals surface area contributed by atoms with Crippen LogP contribution in [0.15, 0.2) is 46.9 Å². The van der Waals surface area contributed by atoms with E-state index in [1.807, 2.05) is 0 Å². The van der Waals surface area contributed by atoms with E-state index in [1.54, 1.807) is 42.5 Å². The number of ether oxygens (including phenoxy) is 1. The van der Waals surface area contributed by atoms with E-state index in [0.717, 1.165) is 4.47 Å². The van der Waals surface area contributed by atoms with Crippen molar-refractivity contribution in [1.82, 2.24) is 5.32 Å². The Morgan fingerprint density at radius 2 is 1.87 bits per heavy atom. The fourth-order valence-electron chi connectivity index (χ4n) is 1.58. The second kappa shape index (κ2) is 8.49. The fourth-order valence-corrected chi connectivity index (χ4v) is 2.36. The first-order valence-electron chi connectivity index (χ1n) is 6.38. The first kappa shape index (κ1) is 18.0. The van der Waals surface area contributed by atoms with Crippen LogP contribution in [0.3, 0.4) is 0 Å². The van der Waals surface area contributed by atoms with Crippen molar-refractivity contribution in [3.8, 4) is 5.75 Å². The molecule has 4 nitrogen and oxygen atoms in total. The largest absolute Gasteiger partial charge is 0.484 e. The highest BCUT2D eigenvalue weighted by Crippen LogP contribution is 2.25. The van der Waals surface area contributed by atoms with Gasteiger partial charge in [0.05, 0.1) is 5.02 Å². The molecule has 23 heavy (non-hydrogen) atoms. The normalized spacial score (nSPS) is 10.0. The molecule has 0 aliphatic rings. The number of nitrogens with one attached hydrogen (secondary N) is 2. The predicted molar refractivity (Wildman–Crippen MR) is 100 cm³/mol. The van der Waals surface area contributed by atoms with Gasteiger partial charge in [-0.05, 0) is 70.6 Å². The lowest BCUT2D eigenvalue weighted by atomic mass is 10.3. The van der Waals surface area contributed by atoms with Crippen LogP contribution in [0.25, 0.3) is 0 Å². The molecule has 0 saturated carbocycles. The number of hydrogen-bond donors (Lipinski definition) is 2. The minimum atomic E-state index is -0.374. The van der Waals surface area contributed by atoms with Crippen molar-refractivity contribution in [1.29, 1.82) is 0 Å². The van der Waals surface area contributed by atoms with Crippen molar-refractivity contribution in [2.75, 3.05) is 11.9 Å². The lowest BCUT2D eigenvalue weighted by molar-refractivity contribution is -0.121. The number of rotatable bonds is 4. The molecule has 0 unspecified atom stereocenters. The zero-order chi connectivity index (χ0) is 16.8. The summed E-state index contributed by atoms with van der Waals surface area (Å²) in [5.74, 6) is 0.170. The van der Waals surface area contributed by atoms with E-state index in [-0.39, 0.29) is 17.6 Å². The summed E-state index contributed by atoms with van der Waals surface area (Å²) >= 11 is 20.1. The number of anilines is 1. The van der Waals surface area contributed by atoms with Crippen molar-refractivity contribution in [2.45, 2.75) is 0 Å². The molecule has 2 aromatic carbocycles. The number of carbonyl (C=O) groups is 1. The Labute approximate surface area is 157 Å². The summed E-state index contributed by atoms with van der Waals surface area (Å²) in [5.41, 5.74) is 0.669. The molecule has 1 amide bonds. The maximum Gasteiger partial charge on any atom is 0.264 e. The van der Waals surface area contributed by atoms with Gasteiger partial charge in [0.1, 0.15) is 5.75 Å². The van der Waals surface area contributed by atoms with Crippen LogP contribution >= 0.6 is 51.3 Å². The highest BCUT2D eigenvalue weighted by atomic mass is 79.9. The molecule has 120 valence electrons. The van der Waals surface area contributed by atoms with Gasteiger partial charge in [-0.25, -0.2) is 0 Å². The molecule has 0 heterocycles. The number of halogens is 3. The van der Waals surface area contributed by atoms with E-state index in [1.165, 1.54) is 0 Å². The smallest absolute Gasteiger partial charge is 0.264 e. The van der Waals surface area contributed by atoms with Crippen LogP contribution in [0.4, 0.5) is 5.69 Å². The monoisotopic (exact) mass is 432 g/mol. The molecule has 0 fully saturated rings. The van der Waals surface area contributed by atoms with Crippen molar-refractivity contribution in [2.24, 2.45) is 0 Å². The van der Waals surface area contributed by atoms with Crippen LogP contribution < -0.4 is 15.4 Å². The van der Waals surface area contributed by atoms with E-state index >= 15 is 0 Å². The summed E-state index contributed by atoms with van der Waals surface area (Å²) in [6.45, 7) is -0.162. The van der Waals surface area contributed by atoms with Crippen LogP contribution in [0.2, 0.25) is 10.0 Å². The van der Waals surface area contributed by atoms with Crippen molar-refractivity contribution >= 4 is 68.1 Å². The summed E-state index contributed by atoms with van der Waals surface area (Å²) < 4.78 is 6.10. The molecule has 0 spiro atoms. The van der Waals surface area contributed by atoms with Gasteiger partial charge in [0.25, 0.3) is 5.91 Å². The number of carbonyl (C=O) groups excluding carboxylic acids is 1. The van der Waals surface area contributed by atoms with Crippen LogP contribution in [-0.2, 0) is 4.79 Å². The fraction of sp³-hybridized carbons (Fsp3) is 0.0667. The van der Waals surface area contributed by atoms with E-state index < -0.39 is 0 Å². The Hall–Kier alpha value is -1.34. The molecule has 0 bridgehead atoms. The third-order valence-electron chi connectivity index (χ3n) is 2.61. The van der Waals surface area contributed by atoms with Crippen LogP contribution in [-0.4, -0.2) is 17.6 Å². The van der Waals surface area contributed by atoms with Crippen molar-refractivity contribution in [3.63, 3.8) is 0 Å². The molecule has 2 rings (SSSR count). The Morgan fingerprint density at radius 3 is 2.52 bits per heavy atom. The Morgan fingerprint density at radius 1 is 1.17 bits per heavy atom. The van der Waals surface area contributed by atoms with Crippen LogP contribution in [0.1, 0.15) is 0 Å². The minimum Gasteiger partial charge on any atom is -0.484 e. The van der Waals surface area contributed by atoms with E-state index in [4.69, 9.17) is 40.2 Å². The molecule has 0 aliphatic carbocycles. The van der Waals surface area contributed by atoms with Gasteiger partial charge < -0.3 is 10.1 Å².